The van der Waals surface area contributed by atoms with Gasteiger partial charge in [-0.25, -0.2) is 0 Å². The van der Waals surface area contributed by atoms with Crippen LogP contribution in [0.15, 0.2) is 54.6 Å². The van der Waals surface area contributed by atoms with Crippen LogP contribution in [0.2, 0.25) is 0 Å². The predicted molar refractivity (Wildman–Crippen MR) is 114 cm³/mol. The second-order valence-electron chi connectivity index (χ2n) is 7.24. The molecule has 2 rings (SSSR count). The monoisotopic (exact) mass is 397 g/mol. The van der Waals surface area contributed by atoms with Crippen LogP contribution >= 0.6 is 0 Å². The number of esters is 1. The van der Waals surface area contributed by atoms with E-state index in [9.17, 15) is 9.59 Å². The van der Waals surface area contributed by atoms with Crippen molar-refractivity contribution in [3.05, 3.63) is 65.7 Å². The Labute approximate surface area is 173 Å². The molecule has 3 atom stereocenters. The van der Waals surface area contributed by atoms with Crippen molar-refractivity contribution in [3.8, 4) is 5.75 Å². The number of hydrogen-bond donors (Lipinski definition) is 1. The quantitative estimate of drug-likeness (QED) is 0.613. The highest BCUT2D eigenvalue weighted by Gasteiger charge is 2.30. The number of carbonyl (C=O) groups excluding carboxylic acids is 2. The molecule has 0 spiro atoms. The number of ether oxygens (including phenoxy) is 2. The van der Waals surface area contributed by atoms with Crippen molar-refractivity contribution in [2.24, 2.45) is 5.92 Å². The molecule has 0 aliphatic rings. The third-order valence-electron chi connectivity index (χ3n) is 5.16. The van der Waals surface area contributed by atoms with Crippen molar-refractivity contribution < 1.29 is 19.1 Å². The first-order chi connectivity index (χ1) is 14.0. The third kappa shape index (κ3) is 6.63. The van der Waals surface area contributed by atoms with Crippen molar-refractivity contribution in [3.63, 3.8) is 0 Å². The maximum absolute atomic E-state index is 12.8. The lowest BCUT2D eigenvalue weighted by atomic mass is 9.85. The highest BCUT2D eigenvalue weighted by Crippen LogP contribution is 2.28. The Hall–Kier alpha value is -2.82. The maximum atomic E-state index is 12.8. The summed E-state index contributed by atoms with van der Waals surface area (Å²) >= 11 is 0. The van der Waals surface area contributed by atoms with E-state index in [0.29, 0.717) is 13.0 Å². The molecule has 5 heteroatoms. The number of hydrogen-bond acceptors (Lipinski definition) is 4. The molecule has 0 bridgehead atoms. The van der Waals surface area contributed by atoms with E-state index in [1.54, 1.807) is 14.0 Å². The summed E-state index contributed by atoms with van der Waals surface area (Å²) in [5.74, 6) is -0.107. The lowest BCUT2D eigenvalue weighted by molar-refractivity contribution is -0.157. The number of benzene rings is 2. The first kappa shape index (κ1) is 22.5. The van der Waals surface area contributed by atoms with Crippen molar-refractivity contribution >= 4 is 11.9 Å². The highest BCUT2D eigenvalue weighted by atomic mass is 16.5. The fourth-order valence-electron chi connectivity index (χ4n) is 3.16. The van der Waals surface area contributed by atoms with Crippen LogP contribution in [0.25, 0.3) is 0 Å². The van der Waals surface area contributed by atoms with Crippen molar-refractivity contribution in [2.75, 3.05) is 13.7 Å². The molecule has 0 aromatic heterocycles. The van der Waals surface area contributed by atoms with E-state index < -0.39 is 6.10 Å². The smallest absolute Gasteiger partial charge is 0.314 e. The average molecular weight is 398 g/mol. The molecule has 29 heavy (non-hydrogen) atoms. The zero-order chi connectivity index (χ0) is 21.2. The summed E-state index contributed by atoms with van der Waals surface area (Å²) in [5.41, 5.74) is 2.01. The van der Waals surface area contributed by atoms with E-state index in [-0.39, 0.29) is 23.7 Å². The molecule has 156 valence electrons. The van der Waals surface area contributed by atoms with Crippen LogP contribution < -0.4 is 10.1 Å². The van der Waals surface area contributed by atoms with Crippen LogP contribution in [0.4, 0.5) is 0 Å². The number of rotatable bonds is 10. The van der Waals surface area contributed by atoms with Crippen LogP contribution in [-0.4, -0.2) is 31.6 Å². The Balaban J connectivity index is 1.88. The Morgan fingerprint density at radius 2 is 1.66 bits per heavy atom. The molecule has 2 aromatic rings. The van der Waals surface area contributed by atoms with Gasteiger partial charge < -0.3 is 14.8 Å². The lowest BCUT2D eigenvalue weighted by Gasteiger charge is -2.23. The van der Waals surface area contributed by atoms with Gasteiger partial charge in [-0.05, 0) is 42.5 Å². The van der Waals surface area contributed by atoms with E-state index in [1.165, 1.54) is 0 Å². The summed E-state index contributed by atoms with van der Waals surface area (Å²) in [7, 11) is 1.63. The molecule has 0 aliphatic heterocycles. The second-order valence-corrected chi connectivity index (χ2v) is 7.24. The topological polar surface area (TPSA) is 64.6 Å². The van der Waals surface area contributed by atoms with Gasteiger partial charge in [0.25, 0.3) is 5.91 Å². The van der Waals surface area contributed by atoms with Gasteiger partial charge in [-0.2, -0.15) is 0 Å². The van der Waals surface area contributed by atoms with E-state index >= 15 is 0 Å². The molecule has 0 radical (unpaired) electrons. The van der Waals surface area contributed by atoms with E-state index in [2.05, 4.69) is 5.32 Å². The zero-order valence-corrected chi connectivity index (χ0v) is 17.7. The van der Waals surface area contributed by atoms with E-state index in [1.807, 2.05) is 68.4 Å². The van der Waals surface area contributed by atoms with Gasteiger partial charge in [0.2, 0.25) is 0 Å². The molecule has 3 unspecified atom stereocenters. The van der Waals surface area contributed by atoms with Crippen LogP contribution in [0, 0.1) is 5.92 Å². The van der Waals surface area contributed by atoms with Gasteiger partial charge in [0.1, 0.15) is 5.75 Å². The minimum atomic E-state index is -0.839. The summed E-state index contributed by atoms with van der Waals surface area (Å²) in [5, 5.41) is 2.84. The normalized spacial score (nSPS) is 13.8. The number of carbonyl (C=O) groups is 2. The zero-order valence-electron chi connectivity index (χ0n) is 17.7. The van der Waals surface area contributed by atoms with Gasteiger partial charge in [-0.1, -0.05) is 62.7 Å². The first-order valence-corrected chi connectivity index (χ1v) is 10.1. The molecular formula is C24H31NO4. The third-order valence-corrected chi connectivity index (χ3v) is 5.16. The van der Waals surface area contributed by atoms with Crippen LogP contribution in [0.5, 0.6) is 5.75 Å². The minimum absolute atomic E-state index is 0.121. The van der Waals surface area contributed by atoms with Crippen LogP contribution in [0.3, 0.4) is 0 Å². The molecule has 1 amide bonds. The van der Waals surface area contributed by atoms with Gasteiger partial charge >= 0.3 is 5.97 Å². The van der Waals surface area contributed by atoms with Gasteiger partial charge in [-0.15, -0.1) is 0 Å². The van der Waals surface area contributed by atoms with Crippen molar-refractivity contribution in [2.45, 2.75) is 45.6 Å². The Morgan fingerprint density at radius 1 is 1.00 bits per heavy atom. The minimum Gasteiger partial charge on any atom is -0.497 e. The lowest BCUT2D eigenvalue weighted by Crippen LogP contribution is -2.38. The molecule has 0 fully saturated rings. The standard InChI is InChI=1S/C24H31NO4/c1-5-17(2)22(20-9-7-6-8-10-20)24(27)29-18(3)23(26)25-16-15-19-11-13-21(28-4)14-12-19/h6-14,17-18,22H,5,15-16H2,1-4H3,(H,25,26). The molecule has 0 saturated heterocycles. The molecule has 0 aliphatic carbocycles. The van der Waals surface area contributed by atoms with E-state index in [4.69, 9.17) is 9.47 Å². The summed E-state index contributed by atoms with van der Waals surface area (Å²) in [6.07, 6.45) is 0.696. The van der Waals surface area contributed by atoms with Gasteiger partial charge in [-0.3, -0.25) is 9.59 Å². The molecule has 0 heterocycles. The molecule has 1 N–H and O–H groups in total. The van der Waals surface area contributed by atoms with Gasteiger partial charge in [0.05, 0.1) is 13.0 Å². The van der Waals surface area contributed by atoms with Crippen molar-refractivity contribution in [1.82, 2.24) is 5.32 Å². The predicted octanol–water partition coefficient (Wildman–Crippen LogP) is 4.12. The number of methoxy groups -OCH3 is 1. The van der Waals surface area contributed by atoms with Crippen LogP contribution in [-0.2, 0) is 20.7 Å². The molecule has 5 nitrogen and oxygen atoms in total. The number of amides is 1. The fourth-order valence-corrected chi connectivity index (χ4v) is 3.16. The van der Waals surface area contributed by atoms with E-state index in [0.717, 1.165) is 23.3 Å². The molecular weight excluding hydrogens is 366 g/mol. The second kappa shape index (κ2) is 11.2. The molecule has 0 saturated carbocycles. The van der Waals surface area contributed by atoms with Gasteiger partial charge in [0.15, 0.2) is 6.10 Å². The summed E-state index contributed by atoms with van der Waals surface area (Å²) < 4.78 is 10.7. The SMILES string of the molecule is CCC(C)C(C(=O)OC(C)C(=O)NCCc1ccc(OC)cc1)c1ccccc1. The Bertz CT molecular complexity index is 773. The van der Waals surface area contributed by atoms with Crippen molar-refractivity contribution in [1.29, 1.82) is 0 Å². The fraction of sp³-hybridized carbons (Fsp3) is 0.417. The summed E-state index contributed by atoms with van der Waals surface area (Å²) in [6.45, 7) is 6.15. The first-order valence-electron chi connectivity index (χ1n) is 10.1. The Kier molecular flexibility index (Phi) is 8.71. The molecule has 2 aromatic carbocycles. The highest BCUT2D eigenvalue weighted by molar-refractivity contribution is 5.85. The maximum Gasteiger partial charge on any atom is 0.314 e. The summed E-state index contributed by atoms with van der Waals surface area (Å²) in [4.78, 5) is 25.2. The largest absolute Gasteiger partial charge is 0.497 e. The summed E-state index contributed by atoms with van der Waals surface area (Å²) in [6, 6.07) is 17.3. The van der Waals surface area contributed by atoms with Gasteiger partial charge in [0, 0.05) is 6.54 Å². The Morgan fingerprint density at radius 3 is 2.24 bits per heavy atom. The number of nitrogens with one attached hydrogen (secondary N) is 1. The van der Waals surface area contributed by atoms with Crippen LogP contribution in [0.1, 0.15) is 44.2 Å². The average Bonchev–Trinajstić information content (AvgIpc) is 2.74.